The molecule has 2 unspecified atom stereocenters. The zero-order chi connectivity index (χ0) is 17.9. The minimum atomic E-state index is 0.179. The minimum absolute atomic E-state index is 0.179. The summed E-state index contributed by atoms with van der Waals surface area (Å²) in [5.74, 6) is 0.346. The second-order valence-electron chi connectivity index (χ2n) is 7.08. The lowest BCUT2D eigenvalue weighted by atomic mass is 9.83. The number of fused-ring (bicyclic) bond motifs is 1. The first-order chi connectivity index (χ1) is 12.8. The van der Waals surface area contributed by atoms with E-state index in [1.54, 1.807) is 0 Å². The molecule has 26 heavy (non-hydrogen) atoms. The molecule has 130 valence electrons. The number of para-hydroxylation sites is 2. The molecule has 1 aliphatic carbocycles. The Morgan fingerprint density at radius 3 is 1.85 bits per heavy atom. The van der Waals surface area contributed by atoms with Crippen LogP contribution in [-0.4, -0.2) is 6.04 Å². The molecule has 0 spiro atoms. The second kappa shape index (κ2) is 7.21. The third-order valence-electron chi connectivity index (χ3n) is 5.54. The molecule has 0 saturated heterocycles. The predicted octanol–water partition coefficient (Wildman–Crippen LogP) is 6.28. The van der Waals surface area contributed by atoms with E-state index in [0.717, 1.165) is 0 Å². The van der Waals surface area contributed by atoms with Crippen LogP contribution in [0.1, 0.15) is 29.5 Å². The van der Waals surface area contributed by atoms with Crippen LogP contribution in [0.25, 0.3) is 0 Å². The van der Waals surface area contributed by atoms with E-state index in [9.17, 15) is 0 Å². The lowest BCUT2D eigenvalue weighted by Crippen LogP contribution is -2.34. The first-order valence-corrected chi connectivity index (χ1v) is 9.41. The zero-order valence-electron chi connectivity index (χ0n) is 15.3. The van der Waals surface area contributed by atoms with Gasteiger partial charge in [-0.15, -0.1) is 6.58 Å². The predicted molar refractivity (Wildman–Crippen MR) is 111 cm³/mol. The molecule has 0 aliphatic heterocycles. The molecule has 0 radical (unpaired) electrons. The maximum absolute atomic E-state index is 4.19. The summed E-state index contributed by atoms with van der Waals surface area (Å²) in [4.78, 5) is 2.40. The van der Waals surface area contributed by atoms with Crippen molar-refractivity contribution in [1.82, 2.24) is 0 Å². The van der Waals surface area contributed by atoms with Crippen LogP contribution in [0.15, 0.2) is 91.5 Å². The Kier molecular flexibility index (Phi) is 4.62. The number of hydrogen-bond acceptors (Lipinski definition) is 1. The van der Waals surface area contributed by atoms with Gasteiger partial charge in [0, 0.05) is 17.3 Å². The summed E-state index contributed by atoms with van der Waals surface area (Å²) in [6.07, 6.45) is 4.54. The second-order valence-corrected chi connectivity index (χ2v) is 7.08. The van der Waals surface area contributed by atoms with Gasteiger partial charge in [0.1, 0.15) is 0 Å². The van der Waals surface area contributed by atoms with Crippen LogP contribution in [0, 0.1) is 0 Å². The van der Waals surface area contributed by atoms with Crippen molar-refractivity contribution in [3.05, 3.63) is 108 Å². The maximum atomic E-state index is 4.19. The van der Waals surface area contributed by atoms with Crippen LogP contribution in [0.5, 0.6) is 0 Å². The van der Waals surface area contributed by atoms with Gasteiger partial charge in [-0.1, -0.05) is 67.6 Å². The van der Waals surface area contributed by atoms with Crippen LogP contribution < -0.4 is 4.90 Å². The van der Waals surface area contributed by atoms with E-state index in [4.69, 9.17) is 0 Å². The van der Waals surface area contributed by atoms with Gasteiger partial charge >= 0.3 is 0 Å². The van der Waals surface area contributed by atoms with E-state index in [1.165, 1.54) is 40.9 Å². The molecule has 4 rings (SSSR count). The Morgan fingerprint density at radius 1 is 0.808 bits per heavy atom. The lowest BCUT2D eigenvalue weighted by Gasteiger charge is -2.36. The first kappa shape index (κ1) is 16.7. The number of aryl methyl sites for hydroxylation is 2. The first-order valence-electron chi connectivity index (χ1n) is 9.41. The molecule has 1 heteroatoms. The molecule has 0 amide bonds. The van der Waals surface area contributed by atoms with Crippen LogP contribution in [0.2, 0.25) is 0 Å². The van der Waals surface area contributed by atoms with Gasteiger partial charge in [-0.25, -0.2) is 0 Å². The number of nitrogens with zero attached hydrogens (tertiary/aromatic N) is 1. The quantitative estimate of drug-likeness (QED) is 0.478. The third-order valence-corrected chi connectivity index (χ3v) is 5.54. The van der Waals surface area contributed by atoms with Gasteiger partial charge in [-0.05, 0) is 53.8 Å². The van der Waals surface area contributed by atoms with Crippen molar-refractivity contribution in [3.63, 3.8) is 0 Å². The molecule has 0 N–H and O–H groups in total. The summed E-state index contributed by atoms with van der Waals surface area (Å²) in [5.41, 5.74) is 6.81. The highest BCUT2D eigenvalue weighted by molar-refractivity contribution is 5.65. The van der Waals surface area contributed by atoms with E-state index in [1.807, 2.05) is 0 Å². The van der Waals surface area contributed by atoms with Gasteiger partial charge in [0.15, 0.2) is 0 Å². The molecule has 0 fully saturated rings. The number of hydrogen-bond donors (Lipinski definition) is 0. The molecule has 1 nitrogen and oxygen atoms in total. The van der Waals surface area contributed by atoms with Crippen molar-refractivity contribution in [1.29, 1.82) is 0 Å². The molecule has 2 atom stereocenters. The normalized spacial score (nSPS) is 14.7. The van der Waals surface area contributed by atoms with Crippen molar-refractivity contribution in [2.75, 3.05) is 4.90 Å². The molecule has 0 heterocycles. The molecule has 0 saturated carbocycles. The molecule has 3 aromatic rings. The Hall–Kier alpha value is -2.80. The van der Waals surface area contributed by atoms with E-state index >= 15 is 0 Å². The summed E-state index contributed by atoms with van der Waals surface area (Å²) < 4.78 is 0. The van der Waals surface area contributed by atoms with Gasteiger partial charge in [-0.2, -0.15) is 0 Å². The lowest BCUT2D eigenvalue weighted by molar-refractivity contribution is 0.643. The van der Waals surface area contributed by atoms with E-state index in [2.05, 4.69) is 103 Å². The van der Waals surface area contributed by atoms with Crippen molar-refractivity contribution in [2.45, 2.75) is 31.7 Å². The summed E-state index contributed by atoms with van der Waals surface area (Å²) in [5, 5.41) is 0. The third kappa shape index (κ3) is 3.06. The van der Waals surface area contributed by atoms with Gasteiger partial charge in [0.25, 0.3) is 0 Å². The van der Waals surface area contributed by atoms with Gasteiger partial charge in [-0.3, -0.25) is 0 Å². The summed E-state index contributed by atoms with van der Waals surface area (Å²) >= 11 is 0. The monoisotopic (exact) mass is 339 g/mol. The molecule has 3 aromatic carbocycles. The fourth-order valence-corrected chi connectivity index (χ4v) is 3.90. The highest BCUT2D eigenvalue weighted by atomic mass is 15.2. The van der Waals surface area contributed by atoms with Gasteiger partial charge in [0.05, 0.1) is 6.04 Å². The standard InChI is InChI=1S/C25H25N/c1-3-25(19(2)21-16-14-20-15-17-22(20)18-21)26(23-10-6-4-7-11-23)24-12-8-5-9-13-24/h3-14,16,18-19,25H,1,15,17H2,2H3. The average Bonchev–Trinajstić information content (AvgIpc) is 2.68. The summed E-state index contributed by atoms with van der Waals surface area (Å²) in [7, 11) is 0. The Labute approximate surface area is 156 Å². The SMILES string of the molecule is C=CC(C(C)c1ccc2c(c1)CC2)N(c1ccccc1)c1ccccc1. The van der Waals surface area contributed by atoms with Crippen LogP contribution in [-0.2, 0) is 12.8 Å². The molecule has 1 aliphatic rings. The molecular formula is C25H25N. The largest absolute Gasteiger partial charge is 0.334 e. The van der Waals surface area contributed by atoms with Gasteiger partial charge < -0.3 is 4.90 Å². The number of anilines is 2. The smallest absolute Gasteiger partial charge is 0.0585 e. The van der Waals surface area contributed by atoms with Crippen LogP contribution in [0.3, 0.4) is 0 Å². The zero-order valence-corrected chi connectivity index (χ0v) is 15.3. The average molecular weight is 339 g/mol. The summed E-state index contributed by atoms with van der Waals surface area (Å²) in [6.45, 7) is 6.50. The van der Waals surface area contributed by atoms with Crippen molar-refractivity contribution in [3.8, 4) is 0 Å². The molecular weight excluding hydrogens is 314 g/mol. The summed E-state index contributed by atoms with van der Waals surface area (Å²) in [6, 6.07) is 28.4. The molecule has 0 aromatic heterocycles. The van der Waals surface area contributed by atoms with Crippen LogP contribution in [0.4, 0.5) is 11.4 Å². The Balaban J connectivity index is 1.74. The number of benzene rings is 3. The van der Waals surface area contributed by atoms with Gasteiger partial charge in [0.2, 0.25) is 0 Å². The maximum Gasteiger partial charge on any atom is 0.0585 e. The topological polar surface area (TPSA) is 3.24 Å². The van der Waals surface area contributed by atoms with Crippen LogP contribution >= 0.6 is 0 Å². The highest BCUT2D eigenvalue weighted by Gasteiger charge is 2.26. The Morgan fingerprint density at radius 2 is 1.38 bits per heavy atom. The number of rotatable bonds is 6. The van der Waals surface area contributed by atoms with Crippen molar-refractivity contribution >= 4 is 11.4 Å². The minimum Gasteiger partial charge on any atom is -0.334 e. The van der Waals surface area contributed by atoms with Crippen molar-refractivity contribution < 1.29 is 0 Å². The van der Waals surface area contributed by atoms with E-state index in [0.29, 0.717) is 5.92 Å². The van der Waals surface area contributed by atoms with E-state index in [-0.39, 0.29) is 6.04 Å². The fraction of sp³-hybridized carbons (Fsp3) is 0.200. The Bertz CT molecular complexity index is 843. The molecule has 0 bridgehead atoms. The van der Waals surface area contributed by atoms with E-state index < -0.39 is 0 Å². The highest BCUT2D eigenvalue weighted by Crippen LogP contribution is 2.36. The van der Waals surface area contributed by atoms with Crippen molar-refractivity contribution in [2.24, 2.45) is 0 Å². The fourth-order valence-electron chi connectivity index (χ4n) is 3.90.